The molecule has 18 heavy (non-hydrogen) atoms. The van der Waals surface area contributed by atoms with Gasteiger partial charge < -0.3 is 14.8 Å². The Kier molecular flexibility index (Phi) is 3.93. The van der Waals surface area contributed by atoms with Crippen molar-refractivity contribution in [2.75, 3.05) is 19.5 Å². The van der Waals surface area contributed by atoms with Crippen molar-refractivity contribution >= 4 is 17.3 Å². The first-order valence-electron chi connectivity index (χ1n) is 5.33. The first kappa shape index (κ1) is 12.6. The highest BCUT2D eigenvalue weighted by atomic mass is 32.1. The van der Waals surface area contributed by atoms with Crippen molar-refractivity contribution in [1.29, 1.82) is 0 Å². The quantitative estimate of drug-likeness (QED) is 0.891. The fourth-order valence-corrected chi connectivity index (χ4v) is 2.04. The second-order valence-electron chi connectivity index (χ2n) is 3.51. The summed E-state index contributed by atoms with van der Waals surface area (Å²) in [5, 5.41) is 6.08. The van der Waals surface area contributed by atoms with Gasteiger partial charge >= 0.3 is 0 Å². The predicted molar refractivity (Wildman–Crippen MR) is 69.3 cm³/mol. The number of methoxy groups -OCH3 is 2. The number of aryl methyl sites for hydroxylation is 1. The minimum atomic E-state index is 0.457. The SMILES string of the molecule is COc1cc(OC)nc(NCc2nc(C)cs2)n1. The summed E-state index contributed by atoms with van der Waals surface area (Å²) in [6.07, 6.45) is 0. The molecule has 2 heterocycles. The lowest BCUT2D eigenvalue weighted by atomic mass is 10.5. The van der Waals surface area contributed by atoms with E-state index in [4.69, 9.17) is 9.47 Å². The van der Waals surface area contributed by atoms with Crippen LogP contribution < -0.4 is 14.8 Å². The Bertz CT molecular complexity index is 507. The lowest BCUT2D eigenvalue weighted by Crippen LogP contribution is -2.05. The lowest BCUT2D eigenvalue weighted by molar-refractivity contribution is 0.373. The highest BCUT2D eigenvalue weighted by molar-refractivity contribution is 7.09. The summed E-state index contributed by atoms with van der Waals surface area (Å²) in [6, 6.07) is 1.62. The summed E-state index contributed by atoms with van der Waals surface area (Å²) in [5.41, 5.74) is 1.01. The van der Waals surface area contributed by atoms with Crippen LogP contribution in [0.15, 0.2) is 11.4 Å². The van der Waals surface area contributed by atoms with E-state index < -0.39 is 0 Å². The second kappa shape index (κ2) is 5.63. The van der Waals surface area contributed by atoms with Crippen molar-refractivity contribution in [2.24, 2.45) is 0 Å². The van der Waals surface area contributed by atoms with Gasteiger partial charge in [0.15, 0.2) is 0 Å². The van der Waals surface area contributed by atoms with Gasteiger partial charge in [0.2, 0.25) is 17.7 Å². The molecule has 0 fully saturated rings. The van der Waals surface area contributed by atoms with Crippen LogP contribution in [-0.2, 0) is 6.54 Å². The molecule has 0 radical (unpaired) electrons. The highest BCUT2D eigenvalue weighted by Crippen LogP contribution is 2.18. The van der Waals surface area contributed by atoms with Gasteiger partial charge in [-0.15, -0.1) is 11.3 Å². The molecule has 0 aliphatic carbocycles. The number of nitrogens with one attached hydrogen (secondary N) is 1. The van der Waals surface area contributed by atoms with E-state index in [9.17, 15) is 0 Å². The molecular weight excluding hydrogens is 252 g/mol. The molecule has 0 unspecified atom stereocenters. The van der Waals surface area contributed by atoms with Crippen LogP contribution in [0.3, 0.4) is 0 Å². The van der Waals surface area contributed by atoms with Crippen molar-refractivity contribution in [2.45, 2.75) is 13.5 Å². The molecule has 0 saturated carbocycles. The van der Waals surface area contributed by atoms with Crippen LogP contribution >= 0.6 is 11.3 Å². The summed E-state index contributed by atoms with van der Waals surface area (Å²) in [6.45, 7) is 2.54. The van der Waals surface area contributed by atoms with E-state index in [1.165, 1.54) is 0 Å². The van der Waals surface area contributed by atoms with Gasteiger partial charge in [0.05, 0.1) is 26.8 Å². The summed E-state index contributed by atoms with van der Waals surface area (Å²) < 4.78 is 10.1. The maximum Gasteiger partial charge on any atom is 0.229 e. The number of aromatic nitrogens is 3. The van der Waals surface area contributed by atoms with Crippen LogP contribution in [0, 0.1) is 6.92 Å². The molecule has 2 rings (SSSR count). The third kappa shape index (κ3) is 3.07. The standard InChI is InChI=1S/C11H14N4O2S/c1-7-6-18-10(13-7)5-12-11-14-8(16-2)4-9(15-11)17-3/h4,6H,5H2,1-3H3,(H,12,14,15). The van der Waals surface area contributed by atoms with E-state index in [-0.39, 0.29) is 0 Å². The zero-order valence-corrected chi connectivity index (χ0v) is 11.2. The van der Waals surface area contributed by atoms with Gasteiger partial charge in [-0.1, -0.05) is 0 Å². The topological polar surface area (TPSA) is 69.2 Å². The Morgan fingerprint density at radius 2 is 1.83 bits per heavy atom. The first-order chi connectivity index (χ1) is 8.71. The van der Waals surface area contributed by atoms with Crippen LogP contribution in [0.1, 0.15) is 10.7 Å². The number of ether oxygens (including phenoxy) is 2. The van der Waals surface area contributed by atoms with E-state index in [1.54, 1.807) is 31.6 Å². The smallest absolute Gasteiger partial charge is 0.229 e. The van der Waals surface area contributed by atoms with Crippen molar-refractivity contribution in [3.8, 4) is 11.8 Å². The minimum absolute atomic E-state index is 0.457. The number of rotatable bonds is 5. The number of nitrogens with zero attached hydrogens (tertiary/aromatic N) is 3. The maximum absolute atomic E-state index is 5.07. The Hall–Kier alpha value is -1.89. The zero-order chi connectivity index (χ0) is 13.0. The summed E-state index contributed by atoms with van der Waals surface area (Å²) in [4.78, 5) is 12.7. The molecule has 0 aromatic carbocycles. The molecular formula is C11H14N4O2S. The fourth-order valence-electron chi connectivity index (χ4n) is 1.33. The third-order valence-corrected chi connectivity index (χ3v) is 3.13. The van der Waals surface area contributed by atoms with E-state index in [0.717, 1.165) is 10.7 Å². The molecule has 0 atom stereocenters. The van der Waals surface area contributed by atoms with Gasteiger partial charge in [0.1, 0.15) is 5.01 Å². The highest BCUT2D eigenvalue weighted by Gasteiger charge is 2.06. The molecule has 0 aliphatic heterocycles. The van der Waals surface area contributed by atoms with Gasteiger partial charge in [-0.05, 0) is 6.92 Å². The van der Waals surface area contributed by atoms with Crippen LogP contribution in [-0.4, -0.2) is 29.2 Å². The summed E-state index contributed by atoms with van der Waals surface area (Å²) in [7, 11) is 3.10. The molecule has 0 bridgehead atoms. The summed E-state index contributed by atoms with van der Waals surface area (Å²) in [5.74, 6) is 1.37. The predicted octanol–water partition coefficient (Wildman–Crippen LogP) is 1.87. The zero-order valence-electron chi connectivity index (χ0n) is 10.4. The monoisotopic (exact) mass is 266 g/mol. The molecule has 2 aromatic rings. The molecule has 0 aliphatic rings. The largest absolute Gasteiger partial charge is 0.481 e. The van der Waals surface area contributed by atoms with E-state index in [1.807, 2.05) is 12.3 Å². The van der Waals surface area contributed by atoms with Crippen molar-refractivity contribution in [1.82, 2.24) is 15.0 Å². The number of anilines is 1. The Morgan fingerprint density at radius 3 is 2.33 bits per heavy atom. The molecule has 0 amide bonds. The molecule has 0 spiro atoms. The third-order valence-electron chi connectivity index (χ3n) is 2.16. The number of thiazole rings is 1. The second-order valence-corrected chi connectivity index (χ2v) is 4.46. The lowest BCUT2D eigenvalue weighted by Gasteiger charge is -2.07. The Balaban J connectivity index is 2.08. The Morgan fingerprint density at radius 1 is 1.17 bits per heavy atom. The van der Waals surface area contributed by atoms with Crippen molar-refractivity contribution < 1.29 is 9.47 Å². The molecule has 6 nitrogen and oxygen atoms in total. The molecule has 96 valence electrons. The molecule has 0 saturated heterocycles. The molecule has 7 heteroatoms. The van der Waals surface area contributed by atoms with Crippen LogP contribution in [0.5, 0.6) is 11.8 Å². The van der Waals surface area contributed by atoms with Crippen LogP contribution in [0.25, 0.3) is 0 Å². The number of hydrogen-bond donors (Lipinski definition) is 1. The number of hydrogen-bond acceptors (Lipinski definition) is 7. The van der Waals surface area contributed by atoms with Crippen molar-refractivity contribution in [3.05, 3.63) is 22.1 Å². The van der Waals surface area contributed by atoms with Gasteiger partial charge in [-0.25, -0.2) is 4.98 Å². The van der Waals surface area contributed by atoms with E-state index in [0.29, 0.717) is 24.3 Å². The van der Waals surface area contributed by atoms with Gasteiger partial charge in [0.25, 0.3) is 0 Å². The minimum Gasteiger partial charge on any atom is -0.481 e. The average Bonchev–Trinajstić information content (AvgIpc) is 2.81. The average molecular weight is 266 g/mol. The van der Waals surface area contributed by atoms with Gasteiger partial charge in [0, 0.05) is 11.1 Å². The Labute approximate surface area is 109 Å². The van der Waals surface area contributed by atoms with Crippen LogP contribution in [0.2, 0.25) is 0 Å². The maximum atomic E-state index is 5.07. The van der Waals surface area contributed by atoms with Gasteiger partial charge in [-0.2, -0.15) is 9.97 Å². The van der Waals surface area contributed by atoms with Gasteiger partial charge in [-0.3, -0.25) is 0 Å². The fraction of sp³-hybridized carbons (Fsp3) is 0.364. The van der Waals surface area contributed by atoms with Crippen molar-refractivity contribution in [3.63, 3.8) is 0 Å². The van der Waals surface area contributed by atoms with E-state index in [2.05, 4.69) is 20.3 Å². The van der Waals surface area contributed by atoms with Crippen LogP contribution in [0.4, 0.5) is 5.95 Å². The molecule has 2 aromatic heterocycles. The van der Waals surface area contributed by atoms with E-state index >= 15 is 0 Å². The first-order valence-corrected chi connectivity index (χ1v) is 6.21. The summed E-state index contributed by atoms with van der Waals surface area (Å²) >= 11 is 1.60. The molecule has 1 N–H and O–H groups in total. The normalized spacial score (nSPS) is 10.2.